The van der Waals surface area contributed by atoms with E-state index in [0.29, 0.717) is 6.42 Å². The second-order valence-electron chi connectivity index (χ2n) is 9.83. The molecule has 218 valence electrons. The van der Waals surface area contributed by atoms with Gasteiger partial charge in [-0.15, -0.1) is 16.4 Å². The molecular weight excluding hydrogens is 660 g/mol. The normalized spacial score (nSPS) is 10.8. The molecule has 0 radical (unpaired) electrons. The Hall–Kier alpha value is -3.53. The molecule has 5 aromatic carbocycles. The van der Waals surface area contributed by atoms with Gasteiger partial charge in [-0.2, -0.15) is 6.32 Å². The third-order valence-electron chi connectivity index (χ3n) is 7.35. The molecule has 0 aliphatic carbocycles. The lowest BCUT2D eigenvalue weighted by Crippen LogP contribution is -3.00. The van der Waals surface area contributed by atoms with Crippen molar-refractivity contribution in [1.82, 2.24) is 0 Å². The van der Waals surface area contributed by atoms with Gasteiger partial charge in [0.05, 0.1) is 34.9 Å². The minimum atomic E-state index is -3.32. The molecule has 0 spiro atoms. The minimum Gasteiger partial charge on any atom is -0.210 e. The number of hydrogen-bond donors (Lipinski definition) is 0. The molecule has 8 heteroatoms. The average Bonchev–Trinajstić information content (AvgIpc) is 2.97. The predicted octanol–water partition coefficient (Wildman–Crippen LogP) is 4.61. The Bertz CT molecular complexity index is 1370. The highest BCUT2D eigenvalue weighted by atomic mass is 127. The van der Waals surface area contributed by atoms with E-state index in [1.807, 2.05) is 12.1 Å². The van der Waals surface area contributed by atoms with Gasteiger partial charge in [-0.05, 0) is 47.5 Å². The zero-order valence-electron chi connectivity index (χ0n) is 22.9. The first kappa shape index (κ1) is 33.0. The van der Waals surface area contributed by atoms with Gasteiger partial charge in [-0.25, -0.2) is 26.3 Å². The molecule has 0 nitrogen and oxygen atoms in total. The summed E-state index contributed by atoms with van der Waals surface area (Å²) in [6, 6.07) is 29.5. The van der Waals surface area contributed by atoms with Gasteiger partial charge in [0.25, 0.3) is 0 Å². The lowest BCUT2D eigenvalue weighted by Gasteiger charge is -2.43. The average molecular weight is 690 g/mol. The highest BCUT2D eigenvalue weighted by molar-refractivity contribution is 7.11. The van der Waals surface area contributed by atoms with Crippen molar-refractivity contribution in [2.24, 2.45) is 0 Å². The number of unbranched alkanes of at least 4 members (excludes halogenated alkanes) is 1. The van der Waals surface area contributed by atoms with Crippen LogP contribution in [0.1, 0.15) is 19.8 Å². The molecule has 0 saturated heterocycles. The fourth-order valence-corrected chi connectivity index (χ4v) is 5.58. The Labute approximate surface area is 259 Å². The maximum atomic E-state index is 15.0. The van der Waals surface area contributed by atoms with E-state index in [0.717, 1.165) is 54.6 Å². The smallest absolute Gasteiger partial charge is 0.210 e. The van der Waals surface area contributed by atoms with Gasteiger partial charge >= 0.3 is 0 Å². The first-order valence-corrected chi connectivity index (χ1v) is 13.4. The Morgan fingerprint density at radius 2 is 0.714 bits per heavy atom. The highest BCUT2D eigenvalue weighted by Gasteiger charge is 2.41. The van der Waals surface area contributed by atoms with Crippen LogP contribution in [-0.4, -0.2) is 6.15 Å². The second kappa shape index (κ2) is 15.1. The Morgan fingerprint density at radius 1 is 0.429 bits per heavy atom. The summed E-state index contributed by atoms with van der Waals surface area (Å²) in [5, 5.41) is 0. The molecule has 0 aromatic heterocycles. The highest BCUT2D eigenvalue weighted by Crippen LogP contribution is 2.24. The van der Waals surface area contributed by atoms with Gasteiger partial charge < -0.3 is 0 Å². The molecule has 0 unspecified atom stereocenters. The summed E-state index contributed by atoms with van der Waals surface area (Å²) < 4.78 is 89.7. The maximum Gasteiger partial charge on any atom is 0.235 e. The Balaban J connectivity index is 0.000000310. The zero-order valence-corrected chi connectivity index (χ0v) is 25.4. The van der Waals surface area contributed by atoms with Crippen LogP contribution in [-0.2, 0) is 0 Å². The third-order valence-corrected chi connectivity index (χ3v) is 7.35. The van der Waals surface area contributed by atoms with Gasteiger partial charge in [0.15, 0.2) is 0 Å². The summed E-state index contributed by atoms with van der Waals surface area (Å²) in [6.45, 7) is 1.76. The van der Waals surface area contributed by atoms with Gasteiger partial charge in [0, 0.05) is 0 Å². The molecule has 42 heavy (non-hydrogen) atoms. The molecule has 0 saturated carbocycles. The van der Waals surface area contributed by atoms with Crippen molar-refractivity contribution in [2.75, 3.05) is 0 Å². The molecule has 0 heterocycles. The Kier molecular flexibility index (Phi) is 11.9. The minimum absolute atomic E-state index is 0. The summed E-state index contributed by atoms with van der Waals surface area (Å²) in [7, 11) is 0. The SMILES string of the molecule is CCCC[B-](c1c(F)cccc1F)(c1c(F)cccc1F)c1c(F)cccc1F.[IH2+].c1ccc(-c2ccccc2)cc1. The van der Waals surface area contributed by atoms with Crippen molar-refractivity contribution in [3.05, 3.63) is 150 Å². The van der Waals surface area contributed by atoms with E-state index in [1.165, 1.54) is 11.1 Å². The molecule has 5 aromatic rings. The summed E-state index contributed by atoms with van der Waals surface area (Å²) >= 11 is 0. The van der Waals surface area contributed by atoms with Crippen LogP contribution in [0.3, 0.4) is 0 Å². The summed E-state index contributed by atoms with van der Waals surface area (Å²) in [4.78, 5) is 0. The van der Waals surface area contributed by atoms with E-state index in [2.05, 4.69) is 48.5 Å². The van der Waals surface area contributed by atoms with Crippen LogP contribution in [0, 0.1) is 34.9 Å². The van der Waals surface area contributed by atoms with Crippen molar-refractivity contribution >= 4 is 22.5 Å². The lowest BCUT2D eigenvalue weighted by atomic mass is 9.13. The van der Waals surface area contributed by atoms with Crippen molar-refractivity contribution in [1.29, 1.82) is 0 Å². The van der Waals surface area contributed by atoms with E-state index in [9.17, 15) is 26.3 Å². The van der Waals surface area contributed by atoms with Crippen LogP contribution in [0.2, 0.25) is 6.32 Å². The number of hydrogen-bond acceptors (Lipinski definition) is 0. The van der Waals surface area contributed by atoms with Crippen LogP contribution < -0.4 is 40.4 Å². The summed E-state index contributed by atoms with van der Waals surface area (Å²) in [5.41, 5.74) is 0.369. The van der Waals surface area contributed by atoms with Gasteiger partial charge in [-0.3, -0.25) is 0 Å². The number of benzene rings is 5. The van der Waals surface area contributed by atoms with Crippen molar-refractivity contribution in [3.63, 3.8) is 0 Å². The topological polar surface area (TPSA) is 0 Å². The molecule has 0 bridgehead atoms. The van der Waals surface area contributed by atoms with Crippen LogP contribution >= 0.6 is 0 Å². The molecule has 0 N–H and O–H groups in total. The van der Waals surface area contributed by atoms with Crippen molar-refractivity contribution in [3.8, 4) is 11.1 Å². The van der Waals surface area contributed by atoms with E-state index in [-0.39, 0.29) is 36.7 Å². The predicted molar refractivity (Wildman–Crippen MR) is 158 cm³/mol. The summed E-state index contributed by atoms with van der Waals surface area (Å²) in [5.74, 6) is -6.71. The third kappa shape index (κ3) is 6.91. The second-order valence-corrected chi connectivity index (χ2v) is 9.83. The molecule has 0 amide bonds. The largest absolute Gasteiger partial charge is 0.235 e. The zero-order chi connectivity index (χ0) is 29.4. The molecule has 0 fully saturated rings. The van der Waals surface area contributed by atoms with Gasteiger partial charge in [0.2, 0.25) is 24.0 Å². The van der Waals surface area contributed by atoms with Gasteiger partial charge in [0.1, 0.15) is 6.15 Å². The molecule has 0 atom stereocenters. The summed E-state index contributed by atoms with van der Waals surface area (Å²) in [6.07, 6.45) is -2.85. The van der Waals surface area contributed by atoms with Gasteiger partial charge in [-0.1, -0.05) is 98.6 Å². The fourth-order valence-electron chi connectivity index (χ4n) is 5.58. The fraction of sp³-hybridized carbons (Fsp3) is 0.118. The quantitative estimate of drug-likeness (QED) is 0.133. The first-order chi connectivity index (χ1) is 19.8. The maximum absolute atomic E-state index is 15.0. The lowest BCUT2D eigenvalue weighted by molar-refractivity contribution is -0.0000118. The van der Waals surface area contributed by atoms with Crippen molar-refractivity contribution < 1.29 is 50.3 Å². The van der Waals surface area contributed by atoms with Crippen LogP contribution in [0.15, 0.2) is 115 Å². The van der Waals surface area contributed by atoms with E-state index in [4.69, 9.17) is 0 Å². The standard InChI is InChI=1S/C22H18BF6.C12H10.H2I/c1-2-3-13-23(20-14(24)7-4-8-15(20)25,21-16(26)9-5-10-17(21)27)22-18(28)11-6-12-19(22)29;1-3-7-11(8-4-1)12-9-5-2-6-10-12;/h4-12H,2-3,13H2,1H3;1-10H;1H2/q-1;;+1. The van der Waals surface area contributed by atoms with E-state index in [1.54, 1.807) is 6.92 Å². The molecule has 0 aliphatic heterocycles. The number of rotatable bonds is 7. The van der Waals surface area contributed by atoms with E-state index >= 15 is 0 Å². The van der Waals surface area contributed by atoms with Crippen molar-refractivity contribution in [2.45, 2.75) is 26.1 Å². The molecule has 5 rings (SSSR count). The molecular formula is C34H30BF6I. The monoisotopic (exact) mass is 690 g/mol. The van der Waals surface area contributed by atoms with Crippen LogP contribution in [0.4, 0.5) is 26.3 Å². The van der Waals surface area contributed by atoms with Crippen LogP contribution in [0.25, 0.3) is 11.1 Å². The molecule has 0 aliphatic rings. The van der Waals surface area contributed by atoms with E-state index < -0.39 is 57.4 Å². The Morgan fingerprint density at radius 3 is 0.976 bits per heavy atom. The van der Waals surface area contributed by atoms with Crippen LogP contribution in [0.5, 0.6) is 0 Å². The first-order valence-electron chi connectivity index (χ1n) is 13.4. The number of halogens is 7.